The summed E-state index contributed by atoms with van der Waals surface area (Å²) in [4.78, 5) is 29.0. The van der Waals surface area contributed by atoms with E-state index in [1.54, 1.807) is 18.3 Å². The maximum Gasteiger partial charge on any atom is 0.237 e. The number of hydrogen-bond donors (Lipinski definition) is 1. The van der Waals surface area contributed by atoms with E-state index in [4.69, 9.17) is 0 Å². The van der Waals surface area contributed by atoms with Crippen LogP contribution in [0.5, 0.6) is 0 Å². The average Bonchev–Trinajstić information content (AvgIpc) is 2.88. The van der Waals surface area contributed by atoms with Crippen molar-refractivity contribution in [2.24, 2.45) is 0 Å². The fourth-order valence-corrected chi connectivity index (χ4v) is 3.43. The SMILES string of the molecule is CC(=O)N1CCCN(C(C)C(=O)NCCc2cccs2)CC1. The monoisotopic (exact) mass is 323 g/mol. The van der Waals surface area contributed by atoms with Gasteiger partial charge < -0.3 is 10.2 Å². The second-order valence-electron chi connectivity index (χ2n) is 5.69. The highest BCUT2D eigenvalue weighted by atomic mass is 32.1. The lowest BCUT2D eigenvalue weighted by atomic mass is 10.2. The Morgan fingerprint density at radius 2 is 2.14 bits per heavy atom. The minimum absolute atomic E-state index is 0.0767. The molecule has 1 saturated heterocycles. The van der Waals surface area contributed by atoms with E-state index in [0.29, 0.717) is 13.1 Å². The average molecular weight is 323 g/mol. The van der Waals surface area contributed by atoms with Gasteiger partial charge in [0, 0.05) is 44.5 Å². The topological polar surface area (TPSA) is 52.7 Å². The Bertz CT molecular complexity index is 490. The van der Waals surface area contributed by atoms with Gasteiger partial charge in [0.05, 0.1) is 6.04 Å². The third-order valence-corrected chi connectivity index (χ3v) is 5.09. The van der Waals surface area contributed by atoms with Crippen LogP contribution in [0.4, 0.5) is 0 Å². The van der Waals surface area contributed by atoms with Gasteiger partial charge in [-0.3, -0.25) is 14.5 Å². The zero-order valence-corrected chi connectivity index (χ0v) is 14.2. The Labute approximate surface area is 136 Å². The van der Waals surface area contributed by atoms with Crippen LogP contribution in [0.1, 0.15) is 25.1 Å². The third-order valence-electron chi connectivity index (χ3n) is 4.15. The number of nitrogens with zero attached hydrogens (tertiary/aromatic N) is 2. The van der Waals surface area contributed by atoms with Gasteiger partial charge >= 0.3 is 0 Å². The van der Waals surface area contributed by atoms with Crippen LogP contribution >= 0.6 is 11.3 Å². The van der Waals surface area contributed by atoms with Gasteiger partial charge in [0.15, 0.2) is 0 Å². The molecule has 1 atom stereocenters. The number of carbonyl (C=O) groups excluding carboxylic acids is 2. The maximum atomic E-state index is 12.3. The van der Waals surface area contributed by atoms with E-state index in [-0.39, 0.29) is 17.9 Å². The van der Waals surface area contributed by atoms with Crippen molar-refractivity contribution in [1.82, 2.24) is 15.1 Å². The molecule has 1 aliphatic heterocycles. The molecule has 6 heteroatoms. The van der Waals surface area contributed by atoms with Gasteiger partial charge in [0.1, 0.15) is 0 Å². The fourth-order valence-electron chi connectivity index (χ4n) is 2.72. The van der Waals surface area contributed by atoms with Gasteiger partial charge in [0.25, 0.3) is 0 Å². The van der Waals surface area contributed by atoms with Crippen molar-refractivity contribution in [3.8, 4) is 0 Å². The van der Waals surface area contributed by atoms with Crippen molar-refractivity contribution >= 4 is 23.2 Å². The molecule has 0 bridgehead atoms. The highest BCUT2D eigenvalue weighted by molar-refractivity contribution is 7.09. The van der Waals surface area contributed by atoms with Crippen molar-refractivity contribution in [1.29, 1.82) is 0 Å². The lowest BCUT2D eigenvalue weighted by molar-refractivity contribution is -0.128. The molecule has 5 nitrogen and oxygen atoms in total. The summed E-state index contributed by atoms with van der Waals surface area (Å²) < 4.78 is 0. The number of rotatable bonds is 5. The van der Waals surface area contributed by atoms with Crippen molar-refractivity contribution < 1.29 is 9.59 Å². The van der Waals surface area contributed by atoms with Crippen LogP contribution in [0, 0.1) is 0 Å². The van der Waals surface area contributed by atoms with Crippen molar-refractivity contribution in [2.75, 3.05) is 32.7 Å². The molecule has 0 saturated carbocycles. The Morgan fingerprint density at radius 1 is 1.32 bits per heavy atom. The molecule has 1 unspecified atom stereocenters. The summed E-state index contributed by atoms with van der Waals surface area (Å²) in [6.07, 6.45) is 1.81. The molecule has 1 N–H and O–H groups in total. The molecule has 2 heterocycles. The summed E-state index contributed by atoms with van der Waals surface area (Å²) in [5.41, 5.74) is 0. The standard InChI is InChI=1S/C16H25N3O2S/c1-13(16(21)17-7-6-15-5-3-12-22-15)18-8-4-9-19(11-10-18)14(2)20/h3,5,12-13H,4,6-11H2,1-2H3,(H,17,21). The first-order chi connectivity index (χ1) is 10.6. The highest BCUT2D eigenvalue weighted by Crippen LogP contribution is 2.09. The van der Waals surface area contributed by atoms with Gasteiger partial charge in [-0.15, -0.1) is 11.3 Å². The number of nitrogens with one attached hydrogen (secondary N) is 1. The van der Waals surface area contributed by atoms with E-state index < -0.39 is 0 Å². The Hall–Kier alpha value is -1.40. The number of thiophene rings is 1. The Morgan fingerprint density at radius 3 is 2.82 bits per heavy atom. The highest BCUT2D eigenvalue weighted by Gasteiger charge is 2.24. The summed E-state index contributed by atoms with van der Waals surface area (Å²) in [6.45, 7) is 7.36. The van der Waals surface area contributed by atoms with Gasteiger partial charge in [-0.25, -0.2) is 0 Å². The van der Waals surface area contributed by atoms with Crippen molar-refractivity contribution in [3.63, 3.8) is 0 Å². The molecule has 0 aliphatic carbocycles. The molecule has 1 aromatic rings. The first-order valence-corrected chi connectivity index (χ1v) is 8.75. The number of carbonyl (C=O) groups is 2. The lowest BCUT2D eigenvalue weighted by Crippen LogP contribution is -2.47. The van der Waals surface area contributed by atoms with Crippen molar-refractivity contribution in [2.45, 2.75) is 32.7 Å². The molecule has 0 aromatic carbocycles. The maximum absolute atomic E-state index is 12.3. The minimum Gasteiger partial charge on any atom is -0.354 e. The fraction of sp³-hybridized carbons (Fsp3) is 0.625. The van der Waals surface area contributed by atoms with Crippen molar-refractivity contribution in [3.05, 3.63) is 22.4 Å². The first kappa shape index (κ1) is 17.0. The van der Waals surface area contributed by atoms with Gasteiger partial charge in [-0.05, 0) is 31.2 Å². The Balaban J connectivity index is 1.76. The molecule has 1 aliphatic rings. The quantitative estimate of drug-likeness (QED) is 0.890. The number of amides is 2. The second kappa shape index (κ2) is 8.29. The van der Waals surface area contributed by atoms with E-state index in [2.05, 4.69) is 21.7 Å². The molecule has 1 fully saturated rings. The number of hydrogen-bond acceptors (Lipinski definition) is 4. The summed E-state index contributed by atoms with van der Waals surface area (Å²) in [5, 5.41) is 5.07. The van der Waals surface area contributed by atoms with Crippen LogP contribution in [-0.4, -0.2) is 60.4 Å². The zero-order valence-electron chi connectivity index (χ0n) is 13.4. The van der Waals surface area contributed by atoms with Crippen LogP contribution in [0.15, 0.2) is 17.5 Å². The molecule has 1 aromatic heterocycles. The van der Waals surface area contributed by atoms with Crippen LogP contribution in [0.25, 0.3) is 0 Å². The largest absolute Gasteiger partial charge is 0.354 e. The Kier molecular flexibility index (Phi) is 6.39. The minimum atomic E-state index is -0.143. The van der Waals surface area contributed by atoms with Crippen LogP contribution < -0.4 is 5.32 Å². The molecular weight excluding hydrogens is 298 g/mol. The van der Waals surface area contributed by atoms with E-state index in [9.17, 15) is 9.59 Å². The first-order valence-electron chi connectivity index (χ1n) is 7.87. The van der Waals surface area contributed by atoms with Crippen LogP contribution in [-0.2, 0) is 16.0 Å². The summed E-state index contributed by atoms with van der Waals surface area (Å²) >= 11 is 1.72. The smallest absolute Gasteiger partial charge is 0.237 e. The molecule has 0 radical (unpaired) electrons. The molecule has 22 heavy (non-hydrogen) atoms. The summed E-state index contributed by atoms with van der Waals surface area (Å²) in [5.74, 6) is 0.197. The summed E-state index contributed by atoms with van der Waals surface area (Å²) in [6, 6.07) is 3.98. The van der Waals surface area contributed by atoms with E-state index in [1.165, 1.54) is 4.88 Å². The van der Waals surface area contributed by atoms with Crippen LogP contribution in [0.3, 0.4) is 0 Å². The predicted molar refractivity (Wildman–Crippen MR) is 88.9 cm³/mol. The molecule has 0 spiro atoms. The van der Waals surface area contributed by atoms with E-state index >= 15 is 0 Å². The molecular formula is C16H25N3O2S. The summed E-state index contributed by atoms with van der Waals surface area (Å²) in [7, 11) is 0. The normalized spacial score (nSPS) is 17.8. The van der Waals surface area contributed by atoms with E-state index in [0.717, 1.165) is 32.5 Å². The lowest BCUT2D eigenvalue weighted by Gasteiger charge is -2.26. The second-order valence-corrected chi connectivity index (χ2v) is 6.72. The van der Waals surface area contributed by atoms with E-state index in [1.807, 2.05) is 17.9 Å². The van der Waals surface area contributed by atoms with Gasteiger partial charge in [0.2, 0.25) is 11.8 Å². The van der Waals surface area contributed by atoms with Gasteiger partial charge in [-0.2, -0.15) is 0 Å². The molecule has 2 rings (SSSR count). The predicted octanol–water partition coefficient (Wildman–Crippen LogP) is 1.35. The molecule has 2 amide bonds. The van der Waals surface area contributed by atoms with Crippen LogP contribution in [0.2, 0.25) is 0 Å². The molecule has 122 valence electrons. The van der Waals surface area contributed by atoms with Gasteiger partial charge in [-0.1, -0.05) is 6.07 Å². The zero-order chi connectivity index (χ0) is 15.9. The third kappa shape index (κ3) is 4.81.